The van der Waals surface area contributed by atoms with Gasteiger partial charge in [0.15, 0.2) is 6.04 Å². The second kappa shape index (κ2) is 8.63. The summed E-state index contributed by atoms with van der Waals surface area (Å²) in [5.74, 6) is 0.0469. The Morgan fingerprint density at radius 3 is 2.20 bits per heavy atom. The molecule has 0 saturated carbocycles. The van der Waals surface area contributed by atoms with Crippen molar-refractivity contribution in [3.63, 3.8) is 0 Å². The first kappa shape index (κ1) is 19.7. The van der Waals surface area contributed by atoms with Crippen molar-refractivity contribution in [3.05, 3.63) is 63.1 Å². The lowest BCUT2D eigenvalue weighted by molar-refractivity contribution is -0.713. The van der Waals surface area contributed by atoms with Crippen LogP contribution >= 0.6 is 15.9 Å². The monoisotopic (exact) mass is 403 g/mol. The van der Waals surface area contributed by atoms with E-state index in [4.69, 9.17) is 0 Å². The number of quaternary nitrogens is 1. The minimum absolute atomic E-state index is 0.0469. The van der Waals surface area contributed by atoms with Gasteiger partial charge in [0, 0.05) is 22.1 Å². The van der Waals surface area contributed by atoms with Gasteiger partial charge >= 0.3 is 0 Å². The van der Waals surface area contributed by atoms with Crippen LogP contribution in [0.15, 0.2) is 40.9 Å². The van der Waals surface area contributed by atoms with Crippen molar-refractivity contribution < 1.29 is 10.1 Å². The SMILES string of the molecule is CC[C@@H]([NH2+][C@H](C)C(=O)Nc1c(C)cc(C)cc1C)c1ccc(Br)cc1. The van der Waals surface area contributed by atoms with E-state index in [1.807, 2.05) is 20.8 Å². The predicted molar refractivity (Wildman–Crippen MR) is 108 cm³/mol. The fourth-order valence-corrected chi connectivity index (χ4v) is 3.51. The molecule has 2 atom stereocenters. The average Bonchev–Trinajstić information content (AvgIpc) is 2.56. The number of benzene rings is 2. The molecule has 0 aliphatic rings. The van der Waals surface area contributed by atoms with Gasteiger partial charge in [-0.2, -0.15) is 0 Å². The molecule has 2 aromatic carbocycles. The van der Waals surface area contributed by atoms with Crippen LogP contribution in [0, 0.1) is 20.8 Å². The third-order valence-corrected chi connectivity index (χ3v) is 5.13. The van der Waals surface area contributed by atoms with Crippen LogP contribution in [0.3, 0.4) is 0 Å². The largest absolute Gasteiger partial charge is 0.330 e. The topological polar surface area (TPSA) is 45.7 Å². The number of nitrogens with one attached hydrogen (secondary N) is 1. The maximum atomic E-state index is 12.7. The third kappa shape index (κ3) is 5.16. The molecule has 1 amide bonds. The van der Waals surface area contributed by atoms with Gasteiger partial charge in [0.25, 0.3) is 5.91 Å². The van der Waals surface area contributed by atoms with E-state index in [-0.39, 0.29) is 18.0 Å². The highest BCUT2D eigenvalue weighted by Gasteiger charge is 2.23. The van der Waals surface area contributed by atoms with Crippen LogP contribution in [0.2, 0.25) is 0 Å². The molecular formula is C21H28BrN2O+. The maximum Gasteiger partial charge on any atom is 0.282 e. The first-order valence-corrected chi connectivity index (χ1v) is 9.60. The molecule has 0 unspecified atom stereocenters. The lowest BCUT2D eigenvalue weighted by Gasteiger charge is -2.20. The van der Waals surface area contributed by atoms with E-state index in [1.165, 1.54) is 11.1 Å². The predicted octanol–water partition coefficient (Wildman–Crippen LogP) is 4.42. The van der Waals surface area contributed by atoms with Gasteiger partial charge in [-0.05, 0) is 51.0 Å². The van der Waals surface area contributed by atoms with E-state index >= 15 is 0 Å². The summed E-state index contributed by atoms with van der Waals surface area (Å²) >= 11 is 3.47. The summed E-state index contributed by atoms with van der Waals surface area (Å²) < 4.78 is 1.07. The first-order chi connectivity index (χ1) is 11.8. The minimum atomic E-state index is -0.159. The number of anilines is 1. The third-order valence-electron chi connectivity index (χ3n) is 4.60. The molecule has 0 aliphatic heterocycles. The Hall–Kier alpha value is -1.65. The number of nitrogens with two attached hydrogens (primary N) is 1. The average molecular weight is 404 g/mol. The summed E-state index contributed by atoms with van der Waals surface area (Å²) in [6.07, 6.45) is 0.974. The van der Waals surface area contributed by atoms with Crippen molar-refractivity contribution in [2.24, 2.45) is 0 Å². The highest BCUT2D eigenvalue weighted by Crippen LogP contribution is 2.22. The van der Waals surface area contributed by atoms with E-state index in [0.717, 1.165) is 27.7 Å². The van der Waals surface area contributed by atoms with E-state index in [1.54, 1.807) is 0 Å². The molecule has 0 saturated heterocycles. The highest BCUT2D eigenvalue weighted by atomic mass is 79.9. The molecule has 0 radical (unpaired) electrons. The van der Waals surface area contributed by atoms with E-state index in [2.05, 4.69) is 76.8 Å². The zero-order chi connectivity index (χ0) is 18.6. The highest BCUT2D eigenvalue weighted by molar-refractivity contribution is 9.10. The van der Waals surface area contributed by atoms with Crippen LogP contribution in [0.5, 0.6) is 0 Å². The van der Waals surface area contributed by atoms with E-state index in [9.17, 15) is 4.79 Å². The molecule has 2 rings (SSSR count). The number of amides is 1. The van der Waals surface area contributed by atoms with Crippen LogP contribution in [0.4, 0.5) is 5.69 Å². The summed E-state index contributed by atoms with van der Waals surface area (Å²) in [4.78, 5) is 12.7. The Morgan fingerprint density at radius 1 is 1.12 bits per heavy atom. The van der Waals surface area contributed by atoms with Gasteiger partial charge in [0.05, 0.1) is 0 Å². The standard InChI is InChI=1S/C21H27BrN2O/c1-6-19(17-7-9-18(22)10-8-17)23-16(5)21(25)24-20-14(3)11-13(2)12-15(20)4/h7-12,16,19,23H,6H2,1-5H3,(H,24,25)/p+1/t16-,19-/m1/s1. The van der Waals surface area contributed by atoms with Crippen LogP contribution < -0.4 is 10.6 Å². The smallest absolute Gasteiger partial charge is 0.282 e. The fraction of sp³-hybridized carbons (Fsp3) is 0.381. The number of hydrogen-bond acceptors (Lipinski definition) is 1. The number of carbonyl (C=O) groups is 1. The number of aryl methyl sites for hydroxylation is 3. The van der Waals surface area contributed by atoms with Crippen LogP contribution in [0.25, 0.3) is 0 Å². The summed E-state index contributed by atoms with van der Waals surface area (Å²) in [5, 5.41) is 5.27. The maximum absolute atomic E-state index is 12.7. The normalized spacial score (nSPS) is 13.4. The molecule has 4 heteroatoms. The number of rotatable bonds is 6. The Bertz CT molecular complexity index is 717. The molecule has 2 aromatic rings. The van der Waals surface area contributed by atoms with Gasteiger partial charge in [-0.25, -0.2) is 0 Å². The molecule has 25 heavy (non-hydrogen) atoms. The van der Waals surface area contributed by atoms with Crippen LogP contribution in [-0.4, -0.2) is 11.9 Å². The second-order valence-electron chi connectivity index (χ2n) is 6.81. The van der Waals surface area contributed by atoms with E-state index < -0.39 is 0 Å². The van der Waals surface area contributed by atoms with Crippen molar-refractivity contribution >= 4 is 27.5 Å². The first-order valence-electron chi connectivity index (χ1n) is 8.81. The quantitative estimate of drug-likeness (QED) is 0.736. The summed E-state index contributed by atoms with van der Waals surface area (Å²) in [5.41, 5.74) is 5.62. The Labute approximate surface area is 159 Å². The Balaban J connectivity index is 2.08. The van der Waals surface area contributed by atoms with Gasteiger partial charge in [-0.15, -0.1) is 0 Å². The van der Waals surface area contributed by atoms with Gasteiger partial charge in [-0.3, -0.25) is 4.79 Å². The second-order valence-corrected chi connectivity index (χ2v) is 7.73. The van der Waals surface area contributed by atoms with Gasteiger partial charge in [0.2, 0.25) is 0 Å². The molecule has 3 nitrogen and oxygen atoms in total. The van der Waals surface area contributed by atoms with Crippen molar-refractivity contribution in [3.8, 4) is 0 Å². The van der Waals surface area contributed by atoms with Crippen molar-refractivity contribution in [1.82, 2.24) is 0 Å². The lowest BCUT2D eigenvalue weighted by atomic mass is 10.0. The Morgan fingerprint density at radius 2 is 1.68 bits per heavy atom. The molecule has 0 heterocycles. The summed E-state index contributed by atoms with van der Waals surface area (Å²) in [6, 6.07) is 12.7. The van der Waals surface area contributed by atoms with E-state index in [0.29, 0.717) is 0 Å². The van der Waals surface area contributed by atoms with Crippen LogP contribution in [0.1, 0.15) is 48.6 Å². The molecule has 0 spiro atoms. The zero-order valence-electron chi connectivity index (χ0n) is 15.7. The number of hydrogen-bond donors (Lipinski definition) is 2. The van der Waals surface area contributed by atoms with Crippen molar-refractivity contribution in [2.45, 2.75) is 53.1 Å². The molecule has 134 valence electrons. The molecule has 0 aromatic heterocycles. The molecule has 0 bridgehead atoms. The van der Waals surface area contributed by atoms with Gasteiger partial charge < -0.3 is 10.6 Å². The molecule has 0 fully saturated rings. The summed E-state index contributed by atoms with van der Waals surface area (Å²) in [6.45, 7) is 10.3. The molecular weight excluding hydrogens is 376 g/mol. The lowest BCUT2D eigenvalue weighted by Crippen LogP contribution is -2.92. The van der Waals surface area contributed by atoms with Gasteiger partial charge in [0.1, 0.15) is 6.04 Å². The van der Waals surface area contributed by atoms with Crippen LogP contribution in [-0.2, 0) is 4.79 Å². The van der Waals surface area contributed by atoms with Gasteiger partial charge in [-0.1, -0.05) is 52.7 Å². The minimum Gasteiger partial charge on any atom is -0.330 e. The zero-order valence-corrected chi connectivity index (χ0v) is 17.3. The summed E-state index contributed by atoms with van der Waals surface area (Å²) in [7, 11) is 0. The fourth-order valence-electron chi connectivity index (χ4n) is 3.24. The number of carbonyl (C=O) groups excluding carboxylic acids is 1. The molecule has 3 N–H and O–H groups in total. The Kier molecular flexibility index (Phi) is 6.79. The number of halogens is 1. The molecule has 0 aliphatic carbocycles. The van der Waals surface area contributed by atoms with Crippen molar-refractivity contribution in [2.75, 3.05) is 5.32 Å². The van der Waals surface area contributed by atoms with Crippen molar-refractivity contribution in [1.29, 1.82) is 0 Å².